The summed E-state index contributed by atoms with van der Waals surface area (Å²) in [5.74, 6) is 0.989. The molecule has 2 atom stereocenters. The number of ether oxygens (including phenoxy) is 2. The van der Waals surface area contributed by atoms with Crippen molar-refractivity contribution in [1.29, 1.82) is 0 Å². The number of fused-ring (bicyclic) bond motifs is 1. The van der Waals surface area contributed by atoms with Crippen LogP contribution in [0.1, 0.15) is 17.9 Å². The number of aromatic amines is 1. The lowest BCUT2D eigenvalue weighted by atomic mass is 9.98. The molecule has 0 saturated carbocycles. The molecule has 118 valence electrons. The molecule has 3 rings (SSSR count). The van der Waals surface area contributed by atoms with Crippen LogP contribution >= 0.6 is 0 Å². The van der Waals surface area contributed by atoms with Crippen LogP contribution in [0.3, 0.4) is 0 Å². The third-order valence-electron chi connectivity index (χ3n) is 4.52. The van der Waals surface area contributed by atoms with Crippen molar-refractivity contribution in [1.82, 2.24) is 19.8 Å². The Morgan fingerprint density at radius 1 is 1.48 bits per heavy atom. The minimum Gasteiger partial charge on any atom is -0.383 e. The maximum absolute atomic E-state index is 5.97. The normalized spacial score (nSPS) is 27.7. The number of hydrogen-bond acceptors (Lipinski definition) is 5. The summed E-state index contributed by atoms with van der Waals surface area (Å²) in [5.41, 5.74) is 1.20. The van der Waals surface area contributed by atoms with E-state index >= 15 is 0 Å². The van der Waals surface area contributed by atoms with Gasteiger partial charge >= 0.3 is 0 Å². The molecule has 2 saturated heterocycles. The molecule has 1 aromatic rings. The lowest BCUT2D eigenvalue weighted by Gasteiger charge is -2.47. The largest absolute Gasteiger partial charge is 0.383 e. The van der Waals surface area contributed by atoms with E-state index in [9.17, 15) is 0 Å². The number of piperidine rings is 1. The maximum atomic E-state index is 5.97. The van der Waals surface area contributed by atoms with Gasteiger partial charge in [0.2, 0.25) is 0 Å². The van der Waals surface area contributed by atoms with Gasteiger partial charge in [0.05, 0.1) is 19.3 Å². The molecule has 6 nitrogen and oxygen atoms in total. The van der Waals surface area contributed by atoms with Crippen LogP contribution < -0.4 is 0 Å². The molecule has 1 aromatic heterocycles. The number of aromatic nitrogens is 2. The lowest BCUT2D eigenvalue weighted by Crippen LogP contribution is -2.60. The third-order valence-corrected chi connectivity index (χ3v) is 4.52. The average molecular weight is 294 g/mol. The van der Waals surface area contributed by atoms with Crippen molar-refractivity contribution in [2.75, 3.05) is 46.5 Å². The van der Waals surface area contributed by atoms with Gasteiger partial charge in [0.15, 0.2) is 0 Å². The number of methoxy groups -OCH3 is 1. The highest BCUT2D eigenvalue weighted by molar-refractivity contribution is 5.01. The number of aryl methyl sites for hydroxylation is 1. The van der Waals surface area contributed by atoms with Gasteiger partial charge in [0.1, 0.15) is 5.82 Å². The summed E-state index contributed by atoms with van der Waals surface area (Å²) in [6.07, 6.45) is 3.44. The average Bonchev–Trinajstić information content (AvgIpc) is 2.90. The van der Waals surface area contributed by atoms with Gasteiger partial charge in [-0.05, 0) is 13.3 Å². The SMILES string of the molecule is COCCN1CCO[C@H]2CCN(Cc3cnc(C)[nH]3)C[C@@H]21. The van der Waals surface area contributed by atoms with E-state index in [-0.39, 0.29) is 0 Å². The zero-order chi connectivity index (χ0) is 14.7. The van der Waals surface area contributed by atoms with Crippen LogP contribution in [0.2, 0.25) is 0 Å². The van der Waals surface area contributed by atoms with Crippen LogP contribution in [0.5, 0.6) is 0 Å². The van der Waals surface area contributed by atoms with Crippen LogP contribution in [-0.2, 0) is 16.0 Å². The Labute approximate surface area is 126 Å². The first kappa shape index (κ1) is 15.0. The molecular formula is C15H26N4O2. The van der Waals surface area contributed by atoms with E-state index in [0.717, 1.165) is 58.2 Å². The van der Waals surface area contributed by atoms with E-state index in [1.165, 1.54) is 5.69 Å². The van der Waals surface area contributed by atoms with Crippen LogP contribution in [0, 0.1) is 6.92 Å². The summed E-state index contributed by atoms with van der Waals surface area (Å²) in [5, 5.41) is 0. The number of H-pyrrole nitrogens is 1. The van der Waals surface area contributed by atoms with Gasteiger partial charge < -0.3 is 14.5 Å². The van der Waals surface area contributed by atoms with Crippen LogP contribution in [0.15, 0.2) is 6.20 Å². The predicted octanol–water partition coefficient (Wildman–Crippen LogP) is 0.640. The van der Waals surface area contributed by atoms with Gasteiger partial charge in [-0.2, -0.15) is 0 Å². The number of hydrogen-bond donors (Lipinski definition) is 1. The van der Waals surface area contributed by atoms with E-state index in [4.69, 9.17) is 9.47 Å². The zero-order valence-electron chi connectivity index (χ0n) is 13.0. The van der Waals surface area contributed by atoms with E-state index in [2.05, 4.69) is 19.8 Å². The van der Waals surface area contributed by atoms with E-state index in [1.54, 1.807) is 7.11 Å². The molecule has 1 N–H and O–H groups in total. The van der Waals surface area contributed by atoms with Crippen molar-refractivity contribution in [2.45, 2.75) is 32.0 Å². The van der Waals surface area contributed by atoms with Gasteiger partial charge in [-0.3, -0.25) is 9.80 Å². The summed E-state index contributed by atoms with van der Waals surface area (Å²) < 4.78 is 11.2. The molecule has 2 fully saturated rings. The van der Waals surface area contributed by atoms with Crippen LogP contribution in [-0.4, -0.2) is 78.4 Å². The highest BCUT2D eigenvalue weighted by Gasteiger charge is 2.36. The molecule has 2 aliphatic heterocycles. The molecule has 0 unspecified atom stereocenters. The fourth-order valence-electron chi connectivity index (χ4n) is 3.43. The number of nitrogens with one attached hydrogen (secondary N) is 1. The molecule has 0 radical (unpaired) electrons. The molecule has 6 heteroatoms. The minimum atomic E-state index is 0.385. The molecular weight excluding hydrogens is 268 g/mol. The van der Waals surface area contributed by atoms with Crippen molar-refractivity contribution in [3.63, 3.8) is 0 Å². The molecule has 21 heavy (non-hydrogen) atoms. The topological polar surface area (TPSA) is 53.6 Å². The lowest BCUT2D eigenvalue weighted by molar-refractivity contribution is -0.107. The van der Waals surface area contributed by atoms with Gasteiger partial charge in [0, 0.05) is 57.8 Å². The van der Waals surface area contributed by atoms with Gasteiger partial charge in [-0.15, -0.1) is 0 Å². The number of imidazole rings is 1. The summed E-state index contributed by atoms with van der Waals surface area (Å²) in [7, 11) is 1.77. The molecule has 2 aliphatic rings. The monoisotopic (exact) mass is 294 g/mol. The number of nitrogens with zero attached hydrogens (tertiary/aromatic N) is 3. The molecule has 0 bridgehead atoms. The number of likely N-dealkylation sites (tertiary alicyclic amines) is 1. The molecule has 0 amide bonds. The Kier molecular flexibility index (Phi) is 4.90. The Balaban J connectivity index is 1.59. The number of morpholine rings is 1. The Bertz CT molecular complexity index is 451. The second-order valence-corrected chi connectivity index (χ2v) is 6.02. The van der Waals surface area contributed by atoms with Crippen molar-refractivity contribution in [3.8, 4) is 0 Å². The zero-order valence-corrected chi connectivity index (χ0v) is 13.0. The Hall–Kier alpha value is -0.950. The van der Waals surface area contributed by atoms with Crippen molar-refractivity contribution in [3.05, 3.63) is 17.7 Å². The molecule has 0 aliphatic carbocycles. The molecule has 0 spiro atoms. The van der Waals surface area contributed by atoms with Gasteiger partial charge in [-0.25, -0.2) is 4.98 Å². The summed E-state index contributed by atoms with van der Waals surface area (Å²) >= 11 is 0. The molecule has 0 aromatic carbocycles. The Morgan fingerprint density at radius 2 is 2.38 bits per heavy atom. The molecule has 3 heterocycles. The fourth-order valence-corrected chi connectivity index (χ4v) is 3.43. The summed E-state index contributed by atoms with van der Waals surface area (Å²) in [6, 6.07) is 0.492. The summed E-state index contributed by atoms with van der Waals surface area (Å²) in [6.45, 7) is 8.76. The third kappa shape index (κ3) is 3.63. The standard InChI is InChI=1S/C15H26N4O2/c1-12-16-9-13(17-12)10-18-4-3-15-14(11-18)19(5-7-20-2)6-8-21-15/h9,14-15H,3-8,10-11H2,1-2H3,(H,16,17)/t14-,15-/m0/s1. The fraction of sp³-hybridized carbons (Fsp3) is 0.800. The number of rotatable bonds is 5. The maximum Gasteiger partial charge on any atom is 0.103 e. The highest BCUT2D eigenvalue weighted by atomic mass is 16.5. The van der Waals surface area contributed by atoms with Crippen molar-refractivity contribution in [2.24, 2.45) is 0 Å². The minimum absolute atomic E-state index is 0.385. The second-order valence-electron chi connectivity index (χ2n) is 6.02. The second kappa shape index (κ2) is 6.87. The van der Waals surface area contributed by atoms with E-state index < -0.39 is 0 Å². The van der Waals surface area contributed by atoms with Crippen LogP contribution in [0.25, 0.3) is 0 Å². The summed E-state index contributed by atoms with van der Waals surface area (Å²) in [4.78, 5) is 12.6. The highest BCUT2D eigenvalue weighted by Crippen LogP contribution is 2.23. The first-order valence-corrected chi connectivity index (χ1v) is 7.83. The van der Waals surface area contributed by atoms with E-state index in [1.807, 2.05) is 13.1 Å². The van der Waals surface area contributed by atoms with E-state index in [0.29, 0.717) is 12.1 Å². The van der Waals surface area contributed by atoms with Gasteiger partial charge in [0.25, 0.3) is 0 Å². The van der Waals surface area contributed by atoms with Crippen molar-refractivity contribution < 1.29 is 9.47 Å². The Morgan fingerprint density at radius 3 is 3.14 bits per heavy atom. The predicted molar refractivity (Wildman–Crippen MR) is 80.2 cm³/mol. The smallest absolute Gasteiger partial charge is 0.103 e. The first-order chi connectivity index (χ1) is 10.3. The van der Waals surface area contributed by atoms with Crippen molar-refractivity contribution >= 4 is 0 Å². The van der Waals surface area contributed by atoms with Crippen LogP contribution in [0.4, 0.5) is 0 Å². The first-order valence-electron chi connectivity index (χ1n) is 7.83. The quantitative estimate of drug-likeness (QED) is 0.864. The van der Waals surface area contributed by atoms with Gasteiger partial charge in [-0.1, -0.05) is 0 Å².